The van der Waals surface area contributed by atoms with Crippen LogP contribution in [0, 0.1) is 0 Å². The molecule has 0 saturated heterocycles. The fourth-order valence-electron chi connectivity index (χ4n) is 6.91. The van der Waals surface area contributed by atoms with Crippen molar-refractivity contribution in [1.29, 1.82) is 0 Å². The number of para-hydroxylation sites is 1. The largest absolute Gasteiger partial charge is 0.456 e. The van der Waals surface area contributed by atoms with Crippen molar-refractivity contribution in [3.63, 3.8) is 0 Å². The highest BCUT2D eigenvalue weighted by Gasteiger charge is 2.18. The van der Waals surface area contributed by atoms with E-state index in [1.54, 1.807) is 0 Å². The first-order valence-corrected chi connectivity index (χ1v) is 16.0. The van der Waals surface area contributed by atoms with Crippen LogP contribution in [0.2, 0.25) is 0 Å². The summed E-state index contributed by atoms with van der Waals surface area (Å²) >= 11 is 0. The van der Waals surface area contributed by atoms with Crippen LogP contribution in [0.3, 0.4) is 0 Å². The Labute approximate surface area is 275 Å². The van der Waals surface area contributed by atoms with Gasteiger partial charge >= 0.3 is 0 Å². The average molecular weight is 615 g/mol. The zero-order chi connectivity index (χ0) is 31.6. The number of hydrogen-bond donors (Lipinski definition) is 0. The maximum Gasteiger partial charge on any atom is 0.161 e. The summed E-state index contributed by atoms with van der Waals surface area (Å²) in [4.78, 5) is 15.1. The third kappa shape index (κ3) is 4.22. The normalized spacial score (nSPS) is 11.8. The van der Waals surface area contributed by atoms with Gasteiger partial charge in [-0.1, -0.05) is 103 Å². The SMILES string of the molecule is c1ccc(-c2cc(-c3ccccc3)nc(-c3ccc(-n4c5cc6ccccc6cc5c5cc6oc7ccccc7c6cc54)nc3)n2)cc1. The van der Waals surface area contributed by atoms with Crippen LogP contribution < -0.4 is 0 Å². The number of hydrogen-bond acceptors (Lipinski definition) is 4. The second-order valence-electron chi connectivity index (χ2n) is 12.1. The van der Waals surface area contributed by atoms with Crippen molar-refractivity contribution in [2.75, 3.05) is 0 Å². The van der Waals surface area contributed by atoms with Gasteiger partial charge in [0, 0.05) is 44.4 Å². The average Bonchev–Trinajstić information content (AvgIpc) is 3.67. The second-order valence-corrected chi connectivity index (χ2v) is 12.1. The van der Waals surface area contributed by atoms with Crippen LogP contribution in [-0.2, 0) is 0 Å². The molecule has 0 bridgehead atoms. The number of nitrogens with zero attached hydrogens (tertiary/aromatic N) is 4. The molecule has 0 atom stereocenters. The minimum Gasteiger partial charge on any atom is -0.456 e. The lowest BCUT2D eigenvalue weighted by Crippen LogP contribution is -1.99. The molecule has 10 aromatic rings. The van der Waals surface area contributed by atoms with Gasteiger partial charge in [-0.3, -0.25) is 4.57 Å². The number of fused-ring (bicyclic) bond motifs is 7. The Hall–Kier alpha value is -6.59. The van der Waals surface area contributed by atoms with Crippen LogP contribution in [0.5, 0.6) is 0 Å². The zero-order valence-corrected chi connectivity index (χ0v) is 25.7. The maximum absolute atomic E-state index is 6.32. The molecule has 0 aliphatic rings. The number of benzene rings is 6. The van der Waals surface area contributed by atoms with Crippen LogP contribution in [0.1, 0.15) is 0 Å². The highest BCUT2D eigenvalue weighted by molar-refractivity contribution is 6.19. The first-order chi connectivity index (χ1) is 23.8. The van der Waals surface area contributed by atoms with E-state index >= 15 is 0 Å². The predicted molar refractivity (Wildman–Crippen MR) is 195 cm³/mol. The summed E-state index contributed by atoms with van der Waals surface area (Å²) in [6.45, 7) is 0. The standard InChI is InChI=1S/C43H26N4O/c1-3-11-27(12-4-1)36-25-37(28-13-5-2-6-14-28)46-43(45-36)31-19-20-42(44-26-31)47-38-22-30-16-8-7-15-29(30)21-33(38)34-24-41-35(23-39(34)47)32-17-9-10-18-40(32)48-41/h1-26H. The number of furan rings is 1. The van der Waals surface area contributed by atoms with E-state index in [9.17, 15) is 0 Å². The Morgan fingerprint density at radius 3 is 1.77 bits per heavy atom. The van der Waals surface area contributed by atoms with Gasteiger partial charge in [0.2, 0.25) is 0 Å². The Morgan fingerprint density at radius 1 is 0.438 bits per heavy atom. The van der Waals surface area contributed by atoms with Gasteiger partial charge < -0.3 is 4.42 Å². The zero-order valence-electron chi connectivity index (χ0n) is 25.7. The monoisotopic (exact) mass is 614 g/mol. The van der Waals surface area contributed by atoms with E-state index in [2.05, 4.69) is 108 Å². The van der Waals surface area contributed by atoms with Gasteiger partial charge in [-0.25, -0.2) is 15.0 Å². The van der Waals surface area contributed by atoms with Crippen LogP contribution in [0.25, 0.3) is 94.2 Å². The van der Waals surface area contributed by atoms with E-state index in [1.165, 1.54) is 10.8 Å². The van der Waals surface area contributed by atoms with Crippen molar-refractivity contribution in [3.05, 3.63) is 158 Å². The van der Waals surface area contributed by atoms with Crippen LogP contribution in [-0.4, -0.2) is 19.5 Å². The van der Waals surface area contributed by atoms with Crippen molar-refractivity contribution in [2.45, 2.75) is 0 Å². The lowest BCUT2D eigenvalue weighted by molar-refractivity contribution is 0.669. The molecule has 5 heteroatoms. The number of pyridine rings is 1. The van der Waals surface area contributed by atoms with Gasteiger partial charge in [-0.05, 0) is 59.3 Å². The predicted octanol–water partition coefficient (Wildman–Crippen LogP) is 11.0. The summed E-state index contributed by atoms with van der Waals surface area (Å²) < 4.78 is 8.58. The highest BCUT2D eigenvalue weighted by Crippen LogP contribution is 2.39. The van der Waals surface area contributed by atoms with Crippen LogP contribution >= 0.6 is 0 Å². The molecule has 10 rings (SSSR count). The Balaban J connectivity index is 1.18. The van der Waals surface area contributed by atoms with Crippen molar-refractivity contribution >= 4 is 54.5 Å². The first-order valence-electron chi connectivity index (χ1n) is 16.0. The lowest BCUT2D eigenvalue weighted by Gasteiger charge is -2.11. The van der Waals surface area contributed by atoms with E-state index < -0.39 is 0 Å². The van der Waals surface area contributed by atoms with Gasteiger partial charge in [0.15, 0.2) is 5.82 Å². The Kier molecular flexibility index (Phi) is 5.81. The Morgan fingerprint density at radius 2 is 1.06 bits per heavy atom. The molecule has 4 heterocycles. The van der Waals surface area contributed by atoms with Gasteiger partial charge in [-0.2, -0.15) is 0 Å². The van der Waals surface area contributed by atoms with Crippen LogP contribution in [0.15, 0.2) is 162 Å². The fourth-order valence-corrected chi connectivity index (χ4v) is 6.91. The topological polar surface area (TPSA) is 56.7 Å². The second kappa shape index (κ2) is 10.5. The number of rotatable bonds is 4. The number of aromatic nitrogens is 4. The van der Waals surface area contributed by atoms with Crippen LogP contribution in [0.4, 0.5) is 0 Å². The molecule has 0 saturated carbocycles. The molecule has 48 heavy (non-hydrogen) atoms. The van der Waals surface area contributed by atoms with E-state index in [4.69, 9.17) is 19.4 Å². The minimum absolute atomic E-state index is 0.633. The molecule has 0 unspecified atom stereocenters. The van der Waals surface area contributed by atoms with Gasteiger partial charge in [-0.15, -0.1) is 0 Å². The summed E-state index contributed by atoms with van der Waals surface area (Å²) in [6.07, 6.45) is 1.89. The van der Waals surface area contributed by atoms with E-state index in [1.807, 2.05) is 54.7 Å². The van der Waals surface area contributed by atoms with Crippen molar-refractivity contribution < 1.29 is 4.42 Å². The molecule has 6 aromatic carbocycles. The Bertz CT molecular complexity index is 2760. The molecule has 0 N–H and O–H groups in total. The molecule has 224 valence electrons. The lowest BCUT2D eigenvalue weighted by atomic mass is 10.1. The van der Waals surface area contributed by atoms with E-state index in [0.717, 1.165) is 77.6 Å². The van der Waals surface area contributed by atoms with Gasteiger partial charge in [0.1, 0.15) is 17.0 Å². The van der Waals surface area contributed by atoms with Gasteiger partial charge in [0.05, 0.1) is 22.4 Å². The quantitative estimate of drug-likeness (QED) is 0.198. The van der Waals surface area contributed by atoms with Crippen molar-refractivity contribution in [2.24, 2.45) is 0 Å². The third-order valence-corrected chi connectivity index (χ3v) is 9.23. The van der Waals surface area contributed by atoms with E-state index in [0.29, 0.717) is 5.82 Å². The molecule has 4 aromatic heterocycles. The summed E-state index contributed by atoms with van der Waals surface area (Å²) in [6, 6.07) is 52.4. The summed E-state index contributed by atoms with van der Waals surface area (Å²) in [5.74, 6) is 1.46. The molecule has 0 aliphatic carbocycles. The van der Waals surface area contributed by atoms with Crippen molar-refractivity contribution in [3.8, 4) is 39.7 Å². The van der Waals surface area contributed by atoms with Gasteiger partial charge in [0.25, 0.3) is 0 Å². The minimum atomic E-state index is 0.633. The van der Waals surface area contributed by atoms with E-state index in [-0.39, 0.29) is 0 Å². The molecule has 5 nitrogen and oxygen atoms in total. The summed E-state index contributed by atoms with van der Waals surface area (Å²) in [5.41, 5.74) is 8.60. The third-order valence-electron chi connectivity index (χ3n) is 9.23. The molecular weight excluding hydrogens is 589 g/mol. The van der Waals surface area contributed by atoms with Crippen molar-refractivity contribution in [1.82, 2.24) is 19.5 Å². The molecule has 0 aliphatic heterocycles. The molecule has 0 fully saturated rings. The maximum atomic E-state index is 6.32. The molecule has 0 radical (unpaired) electrons. The molecule has 0 amide bonds. The summed E-state index contributed by atoms with van der Waals surface area (Å²) in [5, 5.41) is 6.84. The molecular formula is C43H26N4O. The smallest absolute Gasteiger partial charge is 0.161 e. The summed E-state index contributed by atoms with van der Waals surface area (Å²) in [7, 11) is 0. The highest BCUT2D eigenvalue weighted by atomic mass is 16.3. The molecule has 0 spiro atoms. The first kappa shape index (κ1) is 26.6. The fraction of sp³-hybridized carbons (Fsp3) is 0.